The maximum Gasteiger partial charge on any atom is 0.418 e. The Morgan fingerprint density at radius 1 is 0.867 bits per heavy atom. The Morgan fingerprint density at radius 2 is 1.56 bits per heavy atom. The number of carbonyl (C=O) groups excluding carboxylic acids is 3. The molecule has 3 amide bonds. The van der Waals surface area contributed by atoms with Gasteiger partial charge in [-0.1, -0.05) is 48.5 Å². The summed E-state index contributed by atoms with van der Waals surface area (Å²) in [6, 6.07) is 26.9. The van der Waals surface area contributed by atoms with E-state index in [1.165, 1.54) is 24.3 Å². The Balaban J connectivity index is 1.49. The van der Waals surface area contributed by atoms with Crippen LogP contribution in [0.1, 0.15) is 35.3 Å². The smallest absolute Gasteiger partial charge is 0.418 e. The van der Waals surface area contributed by atoms with Gasteiger partial charge in [0.1, 0.15) is 11.4 Å². The average Bonchev–Trinajstić information content (AvgIpc) is 3.02. The standard InChI is InChI=1S/C34H30F3N3O4S/c1-3-44-26-18-16-23(17-19-26)20-30(40-32(42)24-10-5-4-6-11-24)33(43)38-25-12-9-13-27(21-25)45-22(2)31(41)39-29-15-8-7-14-28(29)34(35,36)37/h4-22H,3H2,1-2H3,(H,38,43)(H,39,41)(H,40,42)/b30-20+. The van der Waals surface area contributed by atoms with Crippen LogP contribution in [0.4, 0.5) is 24.5 Å². The first kappa shape index (κ1) is 32.9. The van der Waals surface area contributed by atoms with Crippen molar-refractivity contribution >= 4 is 46.9 Å². The third kappa shape index (κ3) is 9.48. The molecule has 11 heteroatoms. The van der Waals surface area contributed by atoms with E-state index in [2.05, 4.69) is 16.0 Å². The van der Waals surface area contributed by atoms with Crippen molar-refractivity contribution in [1.82, 2.24) is 5.32 Å². The summed E-state index contributed by atoms with van der Waals surface area (Å²) < 4.78 is 45.5. The predicted octanol–water partition coefficient (Wildman–Crippen LogP) is 7.63. The summed E-state index contributed by atoms with van der Waals surface area (Å²) >= 11 is 1.11. The van der Waals surface area contributed by atoms with Crippen LogP contribution in [0.5, 0.6) is 5.75 Å². The van der Waals surface area contributed by atoms with Crippen LogP contribution in [-0.4, -0.2) is 29.6 Å². The van der Waals surface area contributed by atoms with Gasteiger partial charge in [-0.05, 0) is 80.1 Å². The molecular weight excluding hydrogens is 603 g/mol. The van der Waals surface area contributed by atoms with E-state index in [0.29, 0.717) is 34.1 Å². The van der Waals surface area contributed by atoms with Gasteiger partial charge in [0.05, 0.1) is 23.1 Å². The van der Waals surface area contributed by atoms with Crippen molar-refractivity contribution in [3.63, 3.8) is 0 Å². The minimum absolute atomic E-state index is 0.0119. The molecule has 0 aliphatic heterocycles. The summed E-state index contributed by atoms with van der Waals surface area (Å²) in [5, 5.41) is 7.05. The molecule has 0 fully saturated rings. The van der Waals surface area contributed by atoms with Crippen LogP contribution in [0.15, 0.2) is 114 Å². The molecule has 0 saturated carbocycles. The second-order valence-electron chi connectivity index (χ2n) is 9.65. The van der Waals surface area contributed by atoms with Crippen LogP contribution in [0.25, 0.3) is 6.08 Å². The molecule has 4 aromatic carbocycles. The van der Waals surface area contributed by atoms with Crippen LogP contribution in [0.3, 0.4) is 0 Å². The fourth-order valence-electron chi connectivity index (χ4n) is 4.11. The normalized spacial score (nSPS) is 12.2. The first-order valence-corrected chi connectivity index (χ1v) is 14.8. The summed E-state index contributed by atoms with van der Waals surface area (Å²) in [7, 11) is 0. The minimum atomic E-state index is -4.62. The zero-order valence-corrected chi connectivity index (χ0v) is 25.2. The lowest BCUT2D eigenvalue weighted by atomic mass is 10.1. The van der Waals surface area contributed by atoms with Gasteiger partial charge in [0, 0.05) is 16.1 Å². The predicted molar refractivity (Wildman–Crippen MR) is 170 cm³/mol. The number of halogens is 3. The molecule has 4 aromatic rings. The maximum absolute atomic E-state index is 13.4. The van der Waals surface area contributed by atoms with Gasteiger partial charge in [-0.15, -0.1) is 11.8 Å². The lowest BCUT2D eigenvalue weighted by Gasteiger charge is -2.16. The summed E-state index contributed by atoms with van der Waals surface area (Å²) in [6.45, 7) is 3.94. The van der Waals surface area contributed by atoms with E-state index >= 15 is 0 Å². The highest BCUT2D eigenvalue weighted by molar-refractivity contribution is 8.00. The number of hydrogen-bond donors (Lipinski definition) is 3. The van der Waals surface area contributed by atoms with Gasteiger partial charge in [0.15, 0.2) is 0 Å². The van der Waals surface area contributed by atoms with Gasteiger partial charge >= 0.3 is 6.18 Å². The van der Waals surface area contributed by atoms with Crippen molar-refractivity contribution in [2.45, 2.75) is 30.2 Å². The second kappa shape index (κ2) is 15.1. The quantitative estimate of drug-likeness (QED) is 0.117. The average molecular weight is 634 g/mol. The maximum atomic E-state index is 13.4. The topological polar surface area (TPSA) is 96.5 Å². The number of rotatable bonds is 11. The number of benzene rings is 4. The molecule has 0 spiro atoms. The number of nitrogens with one attached hydrogen (secondary N) is 3. The van der Waals surface area contributed by atoms with E-state index in [1.807, 2.05) is 6.92 Å². The monoisotopic (exact) mass is 633 g/mol. The molecule has 0 heterocycles. The van der Waals surface area contributed by atoms with E-state index in [-0.39, 0.29) is 11.4 Å². The number of thioether (sulfide) groups is 1. The highest BCUT2D eigenvalue weighted by Crippen LogP contribution is 2.35. The molecule has 0 aliphatic rings. The number of anilines is 2. The Kier molecular flexibility index (Phi) is 11.0. The van der Waals surface area contributed by atoms with Gasteiger partial charge in [-0.25, -0.2) is 0 Å². The van der Waals surface area contributed by atoms with Crippen molar-refractivity contribution in [2.24, 2.45) is 0 Å². The zero-order valence-electron chi connectivity index (χ0n) is 24.4. The Morgan fingerprint density at radius 3 is 2.24 bits per heavy atom. The van der Waals surface area contributed by atoms with Crippen LogP contribution >= 0.6 is 11.8 Å². The number of amides is 3. The van der Waals surface area contributed by atoms with Gasteiger partial charge in [-0.3, -0.25) is 14.4 Å². The van der Waals surface area contributed by atoms with Crippen LogP contribution in [-0.2, 0) is 15.8 Å². The summed E-state index contributed by atoms with van der Waals surface area (Å²) in [5.41, 5.74) is 0.120. The SMILES string of the molecule is CCOc1ccc(/C=C(/NC(=O)c2ccccc2)C(=O)Nc2cccc(SC(C)C(=O)Nc3ccccc3C(F)(F)F)c2)cc1. The van der Waals surface area contributed by atoms with Crippen molar-refractivity contribution in [3.8, 4) is 5.75 Å². The Labute approximate surface area is 262 Å². The third-order valence-corrected chi connectivity index (χ3v) is 7.39. The first-order valence-electron chi connectivity index (χ1n) is 13.9. The molecule has 0 aliphatic carbocycles. The Bertz CT molecular complexity index is 1680. The molecule has 3 N–H and O–H groups in total. The minimum Gasteiger partial charge on any atom is -0.494 e. The highest BCUT2D eigenvalue weighted by atomic mass is 32.2. The highest BCUT2D eigenvalue weighted by Gasteiger charge is 2.34. The summed E-state index contributed by atoms with van der Waals surface area (Å²) in [4.78, 5) is 39.7. The largest absolute Gasteiger partial charge is 0.494 e. The van der Waals surface area contributed by atoms with Gasteiger partial charge in [0.2, 0.25) is 5.91 Å². The van der Waals surface area contributed by atoms with Crippen molar-refractivity contribution in [3.05, 3.63) is 126 Å². The number of para-hydroxylation sites is 1. The lowest BCUT2D eigenvalue weighted by Crippen LogP contribution is -2.30. The summed E-state index contributed by atoms with van der Waals surface area (Å²) in [6.07, 6.45) is -3.08. The molecule has 7 nitrogen and oxygen atoms in total. The van der Waals surface area contributed by atoms with Crippen LogP contribution < -0.4 is 20.7 Å². The molecule has 45 heavy (non-hydrogen) atoms. The number of hydrogen-bond acceptors (Lipinski definition) is 5. The fraction of sp³-hybridized carbons (Fsp3) is 0.147. The van der Waals surface area contributed by atoms with Gasteiger partial charge in [-0.2, -0.15) is 13.2 Å². The van der Waals surface area contributed by atoms with E-state index < -0.39 is 34.7 Å². The van der Waals surface area contributed by atoms with E-state index in [1.54, 1.807) is 85.8 Å². The second-order valence-corrected chi connectivity index (χ2v) is 11.1. The number of alkyl halides is 3. The molecule has 232 valence electrons. The fourth-order valence-corrected chi connectivity index (χ4v) is 5.04. The molecule has 0 bridgehead atoms. The summed E-state index contributed by atoms with van der Waals surface area (Å²) in [5.74, 6) is -1.02. The Hall–Kier alpha value is -5.03. The van der Waals surface area contributed by atoms with Crippen molar-refractivity contribution in [1.29, 1.82) is 0 Å². The van der Waals surface area contributed by atoms with Gasteiger partial charge in [0.25, 0.3) is 11.8 Å². The molecular formula is C34H30F3N3O4S. The number of carbonyl (C=O) groups is 3. The van der Waals surface area contributed by atoms with Crippen molar-refractivity contribution < 1.29 is 32.3 Å². The third-order valence-electron chi connectivity index (χ3n) is 6.30. The zero-order chi connectivity index (χ0) is 32.4. The number of ether oxygens (including phenoxy) is 1. The van der Waals surface area contributed by atoms with Crippen LogP contribution in [0, 0.1) is 0 Å². The molecule has 0 saturated heterocycles. The van der Waals surface area contributed by atoms with E-state index in [4.69, 9.17) is 4.74 Å². The molecule has 0 radical (unpaired) electrons. The first-order chi connectivity index (χ1) is 21.5. The molecule has 4 rings (SSSR count). The molecule has 1 atom stereocenters. The van der Waals surface area contributed by atoms with Crippen LogP contribution in [0.2, 0.25) is 0 Å². The lowest BCUT2D eigenvalue weighted by molar-refractivity contribution is -0.137. The van der Waals surface area contributed by atoms with E-state index in [0.717, 1.165) is 17.8 Å². The molecule has 1 unspecified atom stereocenters. The van der Waals surface area contributed by atoms with Gasteiger partial charge < -0.3 is 20.7 Å². The molecule has 0 aromatic heterocycles. The van der Waals surface area contributed by atoms with E-state index in [9.17, 15) is 27.6 Å². The van der Waals surface area contributed by atoms with Crippen molar-refractivity contribution in [2.75, 3.05) is 17.2 Å².